The molecule has 1 heterocycles. The van der Waals surface area contributed by atoms with Crippen LogP contribution in [0.4, 0.5) is 26.3 Å². The van der Waals surface area contributed by atoms with Gasteiger partial charge < -0.3 is 10.0 Å². The fourth-order valence-corrected chi connectivity index (χ4v) is 2.37. The third-order valence-electron chi connectivity index (χ3n) is 3.25. The molecule has 12 heteroatoms. The first-order valence-electron chi connectivity index (χ1n) is 6.76. The summed E-state index contributed by atoms with van der Waals surface area (Å²) in [5.41, 5.74) is -3.31. The molecule has 142 valence electrons. The highest BCUT2D eigenvalue weighted by Crippen LogP contribution is 2.37. The van der Waals surface area contributed by atoms with Crippen molar-refractivity contribution in [1.82, 2.24) is 9.91 Å². The first-order valence-corrected chi connectivity index (χ1v) is 7.55. The van der Waals surface area contributed by atoms with Gasteiger partial charge >= 0.3 is 18.3 Å². The van der Waals surface area contributed by atoms with Crippen LogP contribution >= 0.6 is 15.9 Å². The molecule has 2 rings (SSSR count). The van der Waals surface area contributed by atoms with Crippen LogP contribution < -0.4 is 0 Å². The van der Waals surface area contributed by atoms with E-state index in [2.05, 4.69) is 21.0 Å². The summed E-state index contributed by atoms with van der Waals surface area (Å²) >= 11 is 2.76. The zero-order chi connectivity index (χ0) is 19.9. The molecule has 0 radical (unpaired) electrons. The second-order valence-electron chi connectivity index (χ2n) is 5.28. The molecular formula is C14H10BrF6N3O2. The standard InChI is InChI=1S/C14H10BrF6N3O2/c1-23-6-24(5-10(15)12(25)26)22-11(23)7-2-8(13(16,17)18)4-9(3-7)14(19,20)21/h2-5H,6H2,1H3,(H,25,26)/b10-5+. The minimum absolute atomic E-state index is 0.0255. The van der Waals surface area contributed by atoms with Gasteiger partial charge in [-0.05, 0) is 34.1 Å². The van der Waals surface area contributed by atoms with E-state index in [9.17, 15) is 31.1 Å². The molecule has 0 spiro atoms. The maximum atomic E-state index is 12.9. The number of aliphatic carboxylic acids is 1. The Labute approximate surface area is 151 Å². The van der Waals surface area contributed by atoms with Gasteiger partial charge in [0.05, 0.1) is 11.1 Å². The summed E-state index contributed by atoms with van der Waals surface area (Å²) in [4.78, 5) is 12.1. The van der Waals surface area contributed by atoms with Crippen LogP contribution in [0.2, 0.25) is 0 Å². The lowest BCUT2D eigenvalue weighted by Crippen LogP contribution is -2.26. The third-order valence-corrected chi connectivity index (χ3v) is 3.80. The van der Waals surface area contributed by atoms with E-state index in [0.717, 1.165) is 11.2 Å². The Hall–Kier alpha value is -2.24. The normalized spacial score (nSPS) is 16.2. The maximum absolute atomic E-state index is 12.9. The first kappa shape index (κ1) is 20.1. The number of hydrogen-bond acceptors (Lipinski definition) is 4. The van der Waals surface area contributed by atoms with Crippen molar-refractivity contribution in [2.45, 2.75) is 12.4 Å². The van der Waals surface area contributed by atoms with E-state index in [1.54, 1.807) is 0 Å². The average Bonchev–Trinajstić information content (AvgIpc) is 2.85. The molecule has 0 amide bonds. The average molecular weight is 446 g/mol. The van der Waals surface area contributed by atoms with Crippen molar-refractivity contribution < 1.29 is 36.2 Å². The molecule has 1 aliphatic heterocycles. The number of carbonyl (C=O) groups is 1. The second kappa shape index (κ2) is 6.82. The summed E-state index contributed by atoms with van der Waals surface area (Å²) in [6.07, 6.45) is -8.90. The van der Waals surface area contributed by atoms with Crippen LogP contribution in [0.15, 0.2) is 34.0 Å². The number of hydrazone groups is 1. The minimum Gasteiger partial charge on any atom is -0.477 e. The molecular weight excluding hydrogens is 436 g/mol. The summed E-state index contributed by atoms with van der Waals surface area (Å²) in [5, 5.41) is 13.7. The molecule has 0 atom stereocenters. The van der Waals surface area contributed by atoms with Gasteiger partial charge in [-0.2, -0.15) is 31.4 Å². The predicted octanol–water partition coefficient (Wildman–Crippen LogP) is 3.91. The Morgan fingerprint density at radius 3 is 2.08 bits per heavy atom. The molecule has 5 nitrogen and oxygen atoms in total. The summed E-state index contributed by atoms with van der Waals surface area (Å²) in [6.45, 7) is -0.0602. The van der Waals surface area contributed by atoms with E-state index in [4.69, 9.17) is 5.11 Å². The highest BCUT2D eigenvalue weighted by Gasteiger charge is 2.38. The molecule has 1 aliphatic rings. The van der Waals surface area contributed by atoms with Crippen molar-refractivity contribution in [3.05, 3.63) is 45.6 Å². The lowest BCUT2D eigenvalue weighted by atomic mass is 10.0. The quantitative estimate of drug-likeness (QED) is 0.566. The fourth-order valence-electron chi connectivity index (χ4n) is 2.13. The predicted molar refractivity (Wildman–Crippen MR) is 82.1 cm³/mol. The number of nitrogens with zero attached hydrogens (tertiary/aromatic N) is 3. The van der Waals surface area contributed by atoms with Crippen molar-refractivity contribution in [3.8, 4) is 0 Å². The minimum atomic E-state index is -4.97. The fraction of sp³-hybridized carbons (Fsp3) is 0.286. The summed E-state index contributed by atoms with van der Waals surface area (Å²) in [5.74, 6) is -1.47. The lowest BCUT2D eigenvalue weighted by Gasteiger charge is -2.17. The zero-order valence-electron chi connectivity index (χ0n) is 12.9. The molecule has 1 aromatic carbocycles. The largest absolute Gasteiger partial charge is 0.477 e. The number of carboxylic acids is 1. The number of carboxylic acid groups (broad SMARTS) is 1. The van der Waals surface area contributed by atoms with Crippen molar-refractivity contribution in [3.63, 3.8) is 0 Å². The number of alkyl halides is 6. The van der Waals surface area contributed by atoms with Gasteiger partial charge in [-0.1, -0.05) is 0 Å². The SMILES string of the molecule is CN1CN(/C=C(/Br)C(=O)O)N=C1c1cc(C(F)(F)F)cc(C(F)(F)F)c1. The van der Waals surface area contributed by atoms with E-state index in [0.29, 0.717) is 12.1 Å². The second-order valence-corrected chi connectivity index (χ2v) is 6.13. The van der Waals surface area contributed by atoms with Gasteiger partial charge in [0.2, 0.25) is 0 Å². The van der Waals surface area contributed by atoms with Gasteiger partial charge in [-0.3, -0.25) is 0 Å². The van der Waals surface area contributed by atoms with Crippen molar-refractivity contribution in [1.29, 1.82) is 0 Å². The van der Waals surface area contributed by atoms with Crippen LogP contribution in [0.25, 0.3) is 0 Å². The van der Waals surface area contributed by atoms with Crippen LogP contribution in [-0.2, 0) is 17.1 Å². The van der Waals surface area contributed by atoms with E-state index in [-0.39, 0.29) is 23.1 Å². The van der Waals surface area contributed by atoms with Crippen LogP contribution in [0.3, 0.4) is 0 Å². The van der Waals surface area contributed by atoms with Gasteiger partial charge in [0.15, 0.2) is 5.84 Å². The monoisotopic (exact) mass is 445 g/mol. The molecule has 0 aliphatic carbocycles. The van der Waals surface area contributed by atoms with Gasteiger partial charge in [-0.25, -0.2) is 9.80 Å². The van der Waals surface area contributed by atoms with Gasteiger partial charge in [0.25, 0.3) is 0 Å². The smallest absolute Gasteiger partial charge is 0.416 e. The Balaban J connectivity index is 2.53. The van der Waals surface area contributed by atoms with Crippen molar-refractivity contribution >= 4 is 27.7 Å². The molecule has 0 fully saturated rings. The third kappa shape index (κ3) is 4.48. The molecule has 0 bridgehead atoms. The van der Waals surface area contributed by atoms with E-state index in [1.807, 2.05) is 0 Å². The lowest BCUT2D eigenvalue weighted by molar-refractivity contribution is -0.143. The highest BCUT2D eigenvalue weighted by molar-refractivity contribution is 9.12. The van der Waals surface area contributed by atoms with Crippen LogP contribution in [0.1, 0.15) is 16.7 Å². The van der Waals surface area contributed by atoms with E-state index < -0.39 is 35.0 Å². The van der Waals surface area contributed by atoms with Gasteiger partial charge in [-0.15, -0.1) is 0 Å². The molecule has 26 heavy (non-hydrogen) atoms. The number of halogens is 7. The van der Waals surface area contributed by atoms with Crippen molar-refractivity contribution in [2.24, 2.45) is 5.10 Å². The molecule has 1 N–H and O–H groups in total. The maximum Gasteiger partial charge on any atom is 0.416 e. The van der Waals surface area contributed by atoms with Gasteiger partial charge in [0, 0.05) is 18.8 Å². The summed E-state index contributed by atoms with van der Waals surface area (Å²) < 4.78 is 77.4. The molecule has 0 aromatic heterocycles. The summed E-state index contributed by atoms with van der Waals surface area (Å²) in [7, 11) is 1.40. The van der Waals surface area contributed by atoms with Crippen molar-refractivity contribution in [2.75, 3.05) is 13.7 Å². The highest BCUT2D eigenvalue weighted by atomic mass is 79.9. The van der Waals surface area contributed by atoms with Crippen LogP contribution in [-0.4, -0.2) is 40.5 Å². The van der Waals surface area contributed by atoms with Crippen LogP contribution in [0.5, 0.6) is 0 Å². The number of amidine groups is 1. The Morgan fingerprint density at radius 2 is 1.65 bits per heavy atom. The molecule has 1 aromatic rings. The number of benzene rings is 1. The summed E-state index contributed by atoms with van der Waals surface area (Å²) in [6, 6.07) is 1.14. The molecule has 0 unspecified atom stereocenters. The number of rotatable bonds is 3. The molecule has 0 saturated carbocycles. The molecule has 0 saturated heterocycles. The Morgan fingerprint density at radius 1 is 1.15 bits per heavy atom. The Bertz CT molecular complexity index is 756. The van der Waals surface area contributed by atoms with E-state index >= 15 is 0 Å². The first-order chi connectivity index (χ1) is 11.8. The topological polar surface area (TPSA) is 56.1 Å². The van der Waals surface area contributed by atoms with Gasteiger partial charge in [0.1, 0.15) is 11.2 Å². The number of hydrogen-bond donors (Lipinski definition) is 1. The van der Waals surface area contributed by atoms with Crippen LogP contribution in [0, 0.1) is 0 Å². The van der Waals surface area contributed by atoms with E-state index in [1.165, 1.54) is 11.9 Å². The Kier molecular flexibility index (Phi) is 5.26. The zero-order valence-corrected chi connectivity index (χ0v) is 14.4.